The molecule has 0 spiro atoms. The largest absolute Gasteiger partial charge is 0.456 e. The van der Waals surface area contributed by atoms with Crippen molar-refractivity contribution in [2.75, 3.05) is 0 Å². The lowest BCUT2D eigenvalue weighted by atomic mass is 9.92. The monoisotopic (exact) mass is 677 g/mol. The molecule has 4 heteroatoms. The fraction of sp³-hybridized carbons (Fsp3) is 0. The summed E-state index contributed by atoms with van der Waals surface area (Å²) in [5.74, 6) is 1.80. The Morgan fingerprint density at radius 2 is 0.849 bits per heavy atom. The van der Waals surface area contributed by atoms with E-state index < -0.39 is 0 Å². The predicted molar refractivity (Wildman–Crippen MR) is 217 cm³/mol. The third-order valence-electron chi connectivity index (χ3n) is 9.95. The zero-order valence-electron chi connectivity index (χ0n) is 28.6. The SMILES string of the molecule is c1ccc(-c2ccc(-c3nc(-c4ccc5c(c4)oc4cccc(-c6ccccc6)c45)nc(-c4cccc5ccccc45)n3)cc2-c2ccccc2)cc1. The van der Waals surface area contributed by atoms with Gasteiger partial charge in [-0.05, 0) is 68.4 Å². The summed E-state index contributed by atoms with van der Waals surface area (Å²) in [5, 5.41) is 4.37. The van der Waals surface area contributed by atoms with Crippen molar-refractivity contribution >= 4 is 32.7 Å². The standard InChI is InChI=1S/C49H31N3O/c1-4-14-32(15-5-1)39-28-26-36(30-43(39)35-18-8-3-9-19-35)47-50-48(52-49(51-47)41-24-12-21-33-20-10-11-22-38(33)41)37-27-29-42-45(31-37)53-44-25-13-23-40(46(42)44)34-16-6-2-7-17-34/h1-31H. The third kappa shape index (κ3) is 5.54. The van der Waals surface area contributed by atoms with Crippen LogP contribution in [0.5, 0.6) is 0 Å². The Morgan fingerprint density at radius 1 is 0.302 bits per heavy atom. The molecule has 0 saturated heterocycles. The Morgan fingerprint density at radius 3 is 1.58 bits per heavy atom. The molecule has 10 rings (SSSR count). The number of hydrogen-bond donors (Lipinski definition) is 0. The van der Waals surface area contributed by atoms with E-state index in [9.17, 15) is 0 Å². The molecule has 0 aliphatic rings. The molecule has 0 amide bonds. The molecule has 2 aromatic heterocycles. The number of nitrogens with zero attached hydrogens (tertiary/aromatic N) is 3. The lowest BCUT2D eigenvalue weighted by molar-refractivity contribution is 0.669. The van der Waals surface area contributed by atoms with E-state index in [1.165, 1.54) is 0 Å². The summed E-state index contributed by atoms with van der Waals surface area (Å²) < 4.78 is 6.51. The number of furan rings is 1. The molecule has 0 aliphatic carbocycles. The van der Waals surface area contributed by atoms with E-state index in [0.717, 1.165) is 82.8 Å². The van der Waals surface area contributed by atoms with Gasteiger partial charge in [0.15, 0.2) is 17.5 Å². The molecular weight excluding hydrogens is 647 g/mol. The van der Waals surface area contributed by atoms with E-state index in [1.807, 2.05) is 24.3 Å². The number of rotatable bonds is 6. The highest BCUT2D eigenvalue weighted by Crippen LogP contribution is 2.39. The Kier molecular flexibility index (Phi) is 7.43. The van der Waals surface area contributed by atoms with Crippen LogP contribution in [0, 0.1) is 0 Å². The Hall–Kier alpha value is -7.17. The van der Waals surface area contributed by atoms with Crippen LogP contribution in [-0.2, 0) is 0 Å². The first-order valence-corrected chi connectivity index (χ1v) is 17.8. The zero-order chi connectivity index (χ0) is 35.1. The molecular formula is C49H31N3O. The Labute approximate surface area is 306 Å². The van der Waals surface area contributed by atoms with Crippen LogP contribution in [0.3, 0.4) is 0 Å². The summed E-state index contributed by atoms with van der Waals surface area (Å²) in [5.41, 5.74) is 11.2. The van der Waals surface area contributed by atoms with Gasteiger partial charge in [0.05, 0.1) is 0 Å². The van der Waals surface area contributed by atoms with E-state index >= 15 is 0 Å². The van der Waals surface area contributed by atoms with Gasteiger partial charge in [0.1, 0.15) is 11.2 Å². The molecule has 0 N–H and O–H groups in total. The van der Waals surface area contributed by atoms with Crippen LogP contribution in [0.25, 0.3) is 100 Å². The second-order valence-electron chi connectivity index (χ2n) is 13.2. The maximum absolute atomic E-state index is 6.51. The number of aromatic nitrogens is 3. The molecule has 0 bridgehead atoms. The second-order valence-corrected chi connectivity index (χ2v) is 13.2. The van der Waals surface area contributed by atoms with Gasteiger partial charge >= 0.3 is 0 Å². The van der Waals surface area contributed by atoms with Gasteiger partial charge < -0.3 is 4.42 Å². The fourth-order valence-electron chi connectivity index (χ4n) is 7.41. The van der Waals surface area contributed by atoms with Crippen LogP contribution in [0.15, 0.2) is 192 Å². The normalized spacial score (nSPS) is 11.4. The van der Waals surface area contributed by atoms with Crippen molar-refractivity contribution in [1.82, 2.24) is 15.0 Å². The summed E-state index contributed by atoms with van der Waals surface area (Å²) in [6.45, 7) is 0. The van der Waals surface area contributed by atoms with Crippen molar-refractivity contribution in [3.8, 4) is 67.5 Å². The molecule has 53 heavy (non-hydrogen) atoms. The van der Waals surface area contributed by atoms with E-state index in [1.54, 1.807) is 0 Å². The molecule has 0 aliphatic heterocycles. The minimum absolute atomic E-state index is 0.581. The van der Waals surface area contributed by atoms with Gasteiger partial charge in [0, 0.05) is 27.5 Å². The van der Waals surface area contributed by atoms with Crippen LogP contribution in [-0.4, -0.2) is 15.0 Å². The summed E-state index contributed by atoms with van der Waals surface area (Å²) in [6.07, 6.45) is 0. The summed E-state index contributed by atoms with van der Waals surface area (Å²) in [4.78, 5) is 15.5. The van der Waals surface area contributed by atoms with Crippen LogP contribution in [0.4, 0.5) is 0 Å². The molecule has 248 valence electrons. The van der Waals surface area contributed by atoms with Crippen molar-refractivity contribution in [3.05, 3.63) is 188 Å². The minimum Gasteiger partial charge on any atom is -0.456 e. The molecule has 10 aromatic rings. The van der Waals surface area contributed by atoms with Gasteiger partial charge in [-0.15, -0.1) is 0 Å². The van der Waals surface area contributed by atoms with E-state index in [-0.39, 0.29) is 0 Å². The number of benzene rings is 8. The maximum atomic E-state index is 6.51. The summed E-state index contributed by atoms with van der Waals surface area (Å²) >= 11 is 0. The highest BCUT2D eigenvalue weighted by molar-refractivity contribution is 6.13. The third-order valence-corrected chi connectivity index (χ3v) is 9.95. The topological polar surface area (TPSA) is 51.8 Å². The minimum atomic E-state index is 0.581. The van der Waals surface area contributed by atoms with Crippen molar-refractivity contribution < 1.29 is 4.42 Å². The first-order valence-electron chi connectivity index (χ1n) is 17.8. The molecule has 0 radical (unpaired) electrons. The van der Waals surface area contributed by atoms with Crippen molar-refractivity contribution in [1.29, 1.82) is 0 Å². The first kappa shape index (κ1) is 30.6. The van der Waals surface area contributed by atoms with Gasteiger partial charge in [-0.1, -0.05) is 164 Å². The van der Waals surface area contributed by atoms with Gasteiger partial charge in [0.25, 0.3) is 0 Å². The second kappa shape index (κ2) is 12.9. The maximum Gasteiger partial charge on any atom is 0.164 e. The van der Waals surface area contributed by atoms with Crippen LogP contribution in [0.1, 0.15) is 0 Å². The molecule has 8 aromatic carbocycles. The molecule has 0 saturated carbocycles. The van der Waals surface area contributed by atoms with Crippen molar-refractivity contribution in [3.63, 3.8) is 0 Å². The Balaban J connectivity index is 1.18. The number of fused-ring (bicyclic) bond motifs is 4. The van der Waals surface area contributed by atoms with E-state index in [0.29, 0.717) is 17.5 Å². The molecule has 2 heterocycles. The molecule has 0 atom stereocenters. The quantitative estimate of drug-likeness (QED) is 0.176. The predicted octanol–water partition coefficient (Wildman–Crippen LogP) is 12.9. The van der Waals surface area contributed by atoms with Crippen LogP contribution >= 0.6 is 0 Å². The zero-order valence-corrected chi connectivity index (χ0v) is 28.6. The molecule has 0 unspecified atom stereocenters. The average molecular weight is 678 g/mol. The molecule has 4 nitrogen and oxygen atoms in total. The lowest BCUT2D eigenvalue weighted by Gasteiger charge is -2.14. The van der Waals surface area contributed by atoms with Crippen LogP contribution < -0.4 is 0 Å². The smallest absolute Gasteiger partial charge is 0.164 e. The fourth-order valence-corrected chi connectivity index (χ4v) is 7.41. The van der Waals surface area contributed by atoms with Gasteiger partial charge in [0.2, 0.25) is 0 Å². The van der Waals surface area contributed by atoms with E-state index in [4.69, 9.17) is 19.4 Å². The summed E-state index contributed by atoms with van der Waals surface area (Å²) in [7, 11) is 0. The number of hydrogen-bond acceptors (Lipinski definition) is 4. The van der Waals surface area contributed by atoms with Gasteiger partial charge in [-0.3, -0.25) is 0 Å². The molecule has 0 fully saturated rings. The van der Waals surface area contributed by atoms with Crippen LogP contribution in [0.2, 0.25) is 0 Å². The first-order chi connectivity index (χ1) is 26.3. The van der Waals surface area contributed by atoms with Crippen molar-refractivity contribution in [2.45, 2.75) is 0 Å². The average Bonchev–Trinajstić information content (AvgIpc) is 3.62. The Bertz CT molecular complexity index is 2930. The van der Waals surface area contributed by atoms with E-state index in [2.05, 4.69) is 164 Å². The summed E-state index contributed by atoms with van der Waals surface area (Å²) in [6, 6.07) is 65.1. The van der Waals surface area contributed by atoms with Gasteiger partial charge in [-0.2, -0.15) is 0 Å². The van der Waals surface area contributed by atoms with Crippen molar-refractivity contribution in [2.24, 2.45) is 0 Å². The van der Waals surface area contributed by atoms with Gasteiger partial charge in [-0.25, -0.2) is 15.0 Å². The highest BCUT2D eigenvalue weighted by atomic mass is 16.3. The lowest BCUT2D eigenvalue weighted by Crippen LogP contribution is -2.01. The highest BCUT2D eigenvalue weighted by Gasteiger charge is 2.19.